The van der Waals surface area contributed by atoms with E-state index in [9.17, 15) is 0 Å². The fourth-order valence-electron chi connectivity index (χ4n) is 2.97. The summed E-state index contributed by atoms with van der Waals surface area (Å²) in [5.74, 6) is 13.7. The number of rotatable bonds is 3. The van der Waals surface area contributed by atoms with Gasteiger partial charge in [0.25, 0.3) is 0 Å². The minimum Gasteiger partial charge on any atom is -0.295 e. The van der Waals surface area contributed by atoms with Gasteiger partial charge in [-0.3, -0.25) is 14.7 Å². The highest BCUT2D eigenvalue weighted by atomic mass is 15.3. The van der Waals surface area contributed by atoms with Crippen LogP contribution in [0.3, 0.4) is 0 Å². The number of hydrogen-bond donors (Lipinski definition) is 0. The zero-order valence-electron chi connectivity index (χ0n) is 15.7. The molecule has 128 valence electrons. The van der Waals surface area contributed by atoms with Crippen LogP contribution in [0.4, 0.5) is 0 Å². The number of likely N-dealkylation sites (tertiary alicyclic amines) is 1. The van der Waals surface area contributed by atoms with Crippen molar-refractivity contribution in [2.75, 3.05) is 52.4 Å². The molecule has 2 saturated heterocycles. The molecule has 0 bridgehead atoms. The summed E-state index contributed by atoms with van der Waals surface area (Å²) in [6.45, 7) is 19.8. The van der Waals surface area contributed by atoms with Crippen LogP contribution in [0.15, 0.2) is 0 Å². The first-order chi connectivity index (χ1) is 10.8. The minimum absolute atomic E-state index is 0.124. The van der Waals surface area contributed by atoms with Crippen LogP contribution in [0.1, 0.15) is 34.6 Å². The van der Waals surface area contributed by atoms with E-state index in [4.69, 9.17) is 0 Å². The van der Waals surface area contributed by atoms with Gasteiger partial charge in [-0.25, -0.2) is 0 Å². The maximum absolute atomic E-state index is 3.32. The van der Waals surface area contributed by atoms with Crippen molar-refractivity contribution in [2.45, 2.75) is 40.7 Å². The standard InChI is InChI=1S/C20H33N3/c1-18(2)8-6-10-21-12-14-23(15-13-21)19-16-22(17-19)11-7-9-20(3,4)5/h18-19H,10-17H2,1-5H3. The van der Waals surface area contributed by atoms with Gasteiger partial charge < -0.3 is 0 Å². The van der Waals surface area contributed by atoms with Crippen molar-refractivity contribution in [3.63, 3.8) is 0 Å². The SMILES string of the molecule is CC(C)C#CCN1CCN(C2CN(CC#CC(C)(C)C)C2)CC1. The summed E-state index contributed by atoms with van der Waals surface area (Å²) in [6, 6.07) is 0.746. The third kappa shape index (κ3) is 6.56. The van der Waals surface area contributed by atoms with Gasteiger partial charge in [0.2, 0.25) is 0 Å². The van der Waals surface area contributed by atoms with Gasteiger partial charge in [0.15, 0.2) is 0 Å². The first kappa shape index (κ1) is 18.3. The molecule has 0 unspecified atom stereocenters. The molecule has 0 spiro atoms. The molecular formula is C20H33N3. The van der Waals surface area contributed by atoms with Gasteiger partial charge in [0.1, 0.15) is 0 Å². The van der Waals surface area contributed by atoms with Gasteiger partial charge in [0.05, 0.1) is 13.1 Å². The Kier molecular flexibility index (Phi) is 6.54. The molecule has 0 aromatic heterocycles. The summed E-state index contributed by atoms with van der Waals surface area (Å²) in [5.41, 5.74) is 0.124. The van der Waals surface area contributed by atoms with Crippen LogP contribution >= 0.6 is 0 Å². The third-order valence-electron chi connectivity index (χ3n) is 4.32. The third-order valence-corrected chi connectivity index (χ3v) is 4.32. The molecule has 2 aliphatic heterocycles. The van der Waals surface area contributed by atoms with Crippen molar-refractivity contribution >= 4 is 0 Å². The van der Waals surface area contributed by atoms with Crippen molar-refractivity contribution in [3.05, 3.63) is 0 Å². The van der Waals surface area contributed by atoms with E-state index < -0.39 is 0 Å². The summed E-state index contributed by atoms with van der Waals surface area (Å²) >= 11 is 0. The first-order valence-corrected chi connectivity index (χ1v) is 9.01. The van der Waals surface area contributed by atoms with E-state index in [1.165, 1.54) is 26.2 Å². The molecule has 0 aromatic carbocycles. The number of piperazine rings is 1. The quantitative estimate of drug-likeness (QED) is 0.738. The first-order valence-electron chi connectivity index (χ1n) is 9.01. The van der Waals surface area contributed by atoms with Crippen molar-refractivity contribution in [2.24, 2.45) is 11.3 Å². The molecule has 0 aliphatic carbocycles. The second-order valence-electron chi connectivity index (χ2n) is 8.19. The minimum atomic E-state index is 0.124. The summed E-state index contributed by atoms with van der Waals surface area (Å²) in [5, 5.41) is 0. The van der Waals surface area contributed by atoms with E-state index >= 15 is 0 Å². The Hall–Kier alpha value is -1.00. The molecule has 2 fully saturated rings. The van der Waals surface area contributed by atoms with Crippen molar-refractivity contribution in [3.8, 4) is 23.7 Å². The summed E-state index contributed by atoms with van der Waals surface area (Å²) in [7, 11) is 0. The maximum Gasteiger partial charge on any atom is 0.0602 e. The highest BCUT2D eigenvalue weighted by Gasteiger charge is 2.32. The Balaban J connectivity index is 1.63. The molecule has 0 amide bonds. The van der Waals surface area contributed by atoms with E-state index in [1.54, 1.807) is 0 Å². The van der Waals surface area contributed by atoms with E-state index in [0.29, 0.717) is 5.92 Å². The largest absolute Gasteiger partial charge is 0.295 e. The lowest BCUT2D eigenvalue weighted by Gasteiger charge is -2.47. The summed E-state index contributed by atoms with van der Waals surface area (Å²) in [4.78, 5) is 7.60. The average Bonchev–Trinajstić information content (AvgIpc) is 2.41. The van der Waals surface area contributed by atoms with E-state index in [0.717, 1.165) is 32.2 Å². The van der Waals surface area contributed by atoms with Gasteiger partial charge in [0, 0.05) is 56.6 Å². The van der Waals surface area contributed by atoms with Gasteiger partial charge >= 0.3 is 0 Å². The Bertz CT molecular complexity index is 481. The second kappa shape index (κ2) is 8.20. The highest BCUT2D eigenvalue weighted by molar-refractivity contribution is 5.10. The molecule has 0 N–H and O–H groups in total. The van der Waals surface area contributed by atoms with Crippen molar-refractivity contribution in [1.29, 1.82) is 0 Å². The Morgan fingerprint density at radius 3 is 2.09 bits per heavy atom. The number of nitrogens with zero attached hydrogens (tertiary/aromatic N) is 3. The number of hydrogen-bond acceptors (Lipinski definition) is 3. The molecular weight excluding hydrogens is 282 g/mol. The molecule has 0 aromatic rings. The molecule has 2 aliphatic rings. The molecule has 3 heteroatoms. The van der Waals surface area contributed by atoms with Crippen LogP contribution in [-0.4, -0.2) is 73.1 Å². The zero-order chi connectivity index (χ0) is 16.9. The normalized spacial score (nSPS) is 21.3. The summed E-state index contributed by atoms with van der Waals surface area (Å²) in [6.07, 6.45) is 0. The molecule has 23 heavy (non-hydrogen) atoms. The smallest absolute Gasteiger partial charge is 0.0602 e. The highest BCUT2D eigenvalue weighted by Crippen LogP contribution is 2.16. The fraction of sp³-hybridized carbons (Fsp3) is 0.800. The Morgan fingerprint density at radius 1 is 0.913 bits per heavy atom. The van der Waals surface area contributed by atoms with E-state index in [2.05, 4.69) is 73.0 Å². The van der Waals surface area contributed by atoms with E-state index in [1.807, 2.05) is 0 Å². The lowest BCUT2D eigenvalue weighted by atomic mass is 9.98. The van der Waals surface area contributed by atoms with Crippen LogP contribution < -0.4 is 0 Å². The molecule has 2 heterocycles. The van der Waals surface area contributed by atoms with E-state index in [-0.39, 0.29) is 5.41 Å². The molecule has 0 atom stereocenters. The van der Waals surface area contributed by atoms with Gasteiger partial charge in [-0.2, -0.15) is 0 Å². The monoisotopic (exact) mass is 315 g/mol. The average molecular weight is 316 g/mol. The maximum atomic E-state index is 3.32. The Labute approximate surface area is 143 Å². The van der Waals surface area contributed by atoms with Crippen LogP contribution in [0.25, 0.3) is 0 Å². The van der Waals surface area contributed by atoms with Crippen LogP contribution in [0.2, 0.25) is 0 Å². The van der Waals surface area contributed by atoms with Gasteiger partial charge in [-0.05, 0) is 20.8 Å². The van der Waals surface area contributed by atoms with Crippen LogP contribution in [-0.2, 0) is 0 Å². The molecule has 2 rings (SSSR count). The molecule has 0 radical (unpaired) electrons. The van der Waals surface area contributed by atoms with Crippen LogP contribution in [0.5, 0.6) is 0 Å². The lowest BCUT2D eigenvalue weighted by Crippen LogP contribution is -2.62. The predicted molar refractivity (Wildman–Crippen MR) is 98.1 cm³/mol. The molecule has 3 nitrogen and oxygen atoms in total. The topological polar surface area (TPSA) is 9.72 Å². The zero-order valence-corrected chi connectivity index (χ0v) is 15.7. The van der Waals surface area contributed by atoms with Gasteiger partial charge in [-0.1, -0.05) is 37.5 Å². The van der Waals surface area contributed by atoms with Gasteiger partial charge in [-0.15, -0.1) is 0 Å². The predicted octanol–water partition coefficient (Wildman–Crippen LogP) is 2.00. The lowest BCUT2D eigenvalue weighted by molar-refractivity contribution is 0.0143. The fourth-order valence-corrected chi connectivity index (χ4v) is 2.97. The summed E-state index contributed by atoms with van der Waals surface area (Å²) < 4.78 is 0. The van der Waals surface area contributed by atoms with Crippen LogP contribution in [0, 0.1) is 35.0 Å². The van der Waals surface area contributed by atoms with Crippen molar-refractivity contribution in [1.82, 2.24) is 14.7 Å². The second-order valence-corrected chi connectivity index (χ2v) is 8.19. The molecule has 0 saturated carbocycles. The Morgan fingerprint density at radius 2 is 1.52 bits per heavy atom. The van der Waals surface area contributed by atoms with Crippen molar-refractivity contribution < 1.29 is 0 Å².